The molecule has 0 unspecified atom stereocenters. The zero-order chi connectivity index (χ0) is 20.2. The zero-order valence-corrected chi connectivity index (χ0v) is 17.2. The molecule has 1 aliphatic heterocycles. The van der Waals surface area contributed by atoms with Crippen LogP contribution in [0, 0.1) is 5.92 Å². The summed E-state index contributed by atoms with van der Waals surface area (Å²) in [5, 5.41) is 6.61. The fraction of sp³-hybridized carbons (Fsp3) is 0.950. The SMILES string of the molecule is CN=C(NCCCOC1CCCCC1)NCCC1CCN(CC(F)(F)F)CC1. The number of hydrogen-bond donors (Lipinski definition) is 2. The largest absolute Gasteiger partial charge is 0.401 e. The van der Waals surface area contributed by atoms with Crippen molar-refractivity contribution in [2.75, 3.05) is 46.4 Å². The van der Waals surface area contributed by atoms with Gasteiger partial charge in [0.05, 0.1) is 12.6 Å². The van der Waals surface area contributed by atoms with Gasteiger partial charge in [-0.2, -0.15) is 13.2 Å². The molecule has 0 aromatic rings. The summed E-state index contributed by atoms with van der Waals surface area (Å²) >= 11 is 0. The minimum absolute atomic E-state index is 0.453. The lowest BCUT2D eigenvalue weighted by molar-refractivity contribution is -0.148. The van der Waals surface area contributed by atoms with Crippen molar-refractivity contribution in [1.82, 2.24) is 15.5 Å². The molecule has 0 aromatic heterocycles. The summed E-state index contributed by atoms with van der Waals surface area (Å²) in [4.78, 5) is 5.74. The van der Waals surface area contributed by atoms with Crippen molar-refractivity contribution in [1.29, 1.82) is 0 Å². The molecule has 2 aliphatic rings. The predicted octanol–water partition coefficient (Wildman–Crippen LogP) is 3.56. The molecule has 5 nitrogen and oxygen atoms in total. The van der Waals surface area contributed by atoms with Crippen LogP contribution < -0.4 is 10.6 Å². The molecule has 0 amide bonds. The molecule has 8 heteroatoms. The van der Waals surface area contributed by atoms with Gasteiger partial charge in [0, 0.05) is 26.7 Å². The molecule has 2 N–H and O–H groups in total. The number of nitrogens with zero attached hydrogens (tertiary/aromatic N) is 2. The van der Waals surface area contributed by atoms with E-state index in [1.54, 1.807) is 7.05 Å². The molecule has 0 radical (unpaired) electrons. The van der Waals surface area contributed by atoms with Crippen molar-refractivity contribution in [2.24, 2.45) is 10.9 Å². The zero-order valence-electron chi connectivity index (χ0n) is 17.2. The normalized spacial score (nSPS) is 21.1. The van der Waals surface area contributed by atoms with Crippen LogP contribution in [-0.4, -0.2) is 69.5 Å². The van der Waals surface area contributed by atoms with Gasteiger partial charge in [-0.1, -0.05) is 19.3 Å². The van der Waals surface area contributed by atoms with Crippen LogP contribution >= 0.6 is 0 Å². The second kappa shape index (κ2) is 12.5. The Balaban J connectivity index is 1.48. The van der Waals surface area contributed by atoms with Gasteiger partial charge in [0.15, 0.2) is 5.96 Å². The van der Waals surface area contributed by atoms with Gasteiger partial charge >= 0.3 is 6.18 Å². The van der Waals surface area contributed by atoms with Crippen LogP contribution in [0.15, 0.2) is 4.99 Å². The summed E-state index contributed by atoms with van der Waals surface area (Å²) in [5.74, 6) is 1.27. The summed E-state index contributed by atoms with van der Waals surface area (Å²) in [6.45, 7) is 2.70. The Kier molecular flexibility index (Phi) is 10.4. The number of hydrogen-bond acceptors (Lipinski definition) is 3. The van der Waals surface area contributed by atoms with Crippen molar-refractivity contribution >= 4 is 5.96 Å². The van der Waals surface area contributed by atoms with E-state index >= 15 is 0 Å². The second-order valence-corrected chi connectivity index (χ2v) is 8.03. The number of alkyl halides is 3. The van der Waals surface area contributed by atoms with Gasteiger partial charge in [-0.3, -0.25) is 9.89 Å². The molecule has 1 heterocycles. The molecular weight excluding hydrogens is 369 g/mol. The molecule has 0 spiro atoms. The molecule has 0 aromatic carbocycles. The summed E-state index contributed by atoms with van der Waals surface area (Å²) in [6, 6.07) is 0. The molecule has 1 saturated heterocycles. The molecule has 164 valence electrons. The first-order valence-corrected chi connectivity index (χ1v) is 10.8. The van der Waals surface area contributed by atoms with E-state index in [4.69, 9.17) is 4.74 Å². The van der Waals surface area contributed by atoms with Crippen LogP contribution in [0.4, 0.5) is 13.2 Å². The predicted molar refractivity (Wildman–Crippen MR) is 107 cm³/mol. The van der Waals surface area contributed by atoms with Gasteiger partial charge in [-0.05, 0) is 57.5 Å². The molecular formula is C20H37F3N4O. The van der Waals surface area contributed by atoms with Gasteiger partial charge in [0.25, 0.3) is 0 Å². The number of nitrogens with one attached hydrogen (secondary N) is 2. The monoisotopic (exact) mass is 406 g/mol. The molecule has 2 rings (SSSR count). The van der Waals surface area contributed by atoms with E-state index in [1.807, 2.05) is 0 Å². The smallest absolute Gasteiger partial charge is 0.378 e. The maximum absolute atomic E-state index is 12.4. The van der Waals surface area contributed by atoms with Crippen LogP contribution in [-0.2, 0) is 4.74 Å². The fourth-order valence-corrected chi connectivity index (χ4v) is 4.06. The summed E-state index contributed by atoms with van der Waals surface area (Å²) in [7, 11) is 1.75. The Hall–Kier alpha value is -1.02. The van der Waals surface area contributed by atoms with Gasteiger partial charge in [-0.15, -0.1) is 0 Å². The van der Waals surface area contributed by atoms with E-state index < -0.39 is 12.7 Å². The molecule has 0 bridgehead atoms. The van der Waals surface area contributed by atoms with Crippen LogP contribution in [0.1, 0.15) is 57.8 Å². The molecule has 0 atom stereocenters. The topological polar surface area (TPSA) is 48.9 Å². The van der Waals surface area contributed by atoms with Gasteiger partial charge < -0.3 is 15.4 Å². The highest BCUT2D eigenvalue weighted by Crippen LogP contribution is 2.24. The maximum atomic E-state index is 12.4. The van der Waals surface area contributed by atoms with Crippen LogP contribution in [0.5, 0.6) is 0 Å². The third kappa shape index (κ3) is 9.96. The number of aliphatic imine (C=N–C) groups is 1. The summed E-state index contributed by atoms with van der Waals surface area (Å²) < 4.78 is 43.2. The van der Waals surface area contributed by atoms with Crippen molar-refractivity contribution < 1.29 is 17.9 Å². The highest BCUT2D eigenvalue weighted by atomic mass is 19.4. The van der Waals surface area contributed by atoms with E-state index in [1.165, 1.54) is 37.0 Å². The summed E-state index contributed by atoms with van der Waals surface area (Å²) in [5.41, 5.74) is 0. The lowest BCUT2D eigenvalue weighted by Crippen LogP contribution is -2.41. The molecule has 1 saturated carbocycles. The van der Waals surface area contributed by atoms with Crippen LogP contribution in [0.3, 0.4) is 0 Å². The van der Waals surface area contributed by atoms with Gasteiger partial charge in [-0.25, -0.2) is 0 Å². The minimum Gasteiger partial charge on any atom is -0.378 e. The van der Waals surface area contributed by atoms with Gasteiger partial charge in [0.2, 0.25) is 0 Å². The average Bonchev–Trinajstić information content (AvgIpc) is 2.67. The van der Waals surface area contributed by atoms with Crippen LogP contribution in [0.25, 0.3) is 0 Å². The standard InChI is InChI=1S/C20H37F3N4O/c1-24-19(25-11-5-15-28-18-6-3-2-4-7-18)26-12-8-17-9-13-27(14-10-17)16-20(21,22)23/h17-18H,2-16H2,1H3,(H2,24,25,26). The van der Waals surface area contributed by atoms with E-state index in [0.717, 1.165) is 51.3 Å². The number of guanidine groups is 1. The third-order valence-electron chi connectivity index (χ3n) is 5.70. The first-order valence-electron chi connectivity index (χ1n) is 10.8. The first kappa shape index (κ1) is 23.3. The van der Waals surface area contributed by atoms with Crippen molar-refractivity contribution in [3.05, 3.63) is 0 Å². The number of piperidine rings is 1. The van der Waals surface area contributed by atoms with Crippen LogP contribution in [0.2, 0.25) is 0 Å². The molecule has 1 aliphatic carbocycles. The Labute approximate surface area is 167 Å². The number of ether oxygens (including phenoxy) is 1. The van der Waals surface area contributed by atoms with E-state index in [9.17, 15) is 13.2 Å². The molecule has 28 heavy (non-hydrogen) atoms. The average molecular weight is 407 g/mol. The second-order valence-electron chi connectivity index (χ2n) is 8.03. The van der Waals surface area contributed by atoms with E-state index in [-0.39, 0.29) is 0 Å². The number of likely N-dealkylation sites (tertiary alicyclic amines) is 1. The Morgan fingerprint density at radius 1 is 1.04 bits per heavy atom. The lowest BCUT2D eigenvalue weighted by atomic mass is 9.93. The number of rotatable bonds is 9. The van der Waals surface area contributed by atoms with Crippen molar-refractivity contribution in [3.63, 3.8) is 0 Å². The Morgan fingerprint density at radius 3 is 2.36 bits per heavy atom. The Bertz CT molecular complexity index is 445. The highest BCUT2D eigenvalue weighted by Gasteiger charge is 2.32. The fourth-order valence-electron chi connectivity index (χ4n) is 4.06. The third-order valence-corrected chi connectivity index (χ3v) is 5.70. The first-order chi connectivity index (χ1) is 13.5. The Morgan fingerprint density at radius 2 is 1.71 bits per heavy atom. The van der Waals surface area contributed by atoms with E-state index in [2.05, 4.69) is 15.6 Å². The lowest BCUT2D eigenvalue weighted by Gasteiger charge is -2.32. The highest BCUT2D eigenvalue weighted by molar-refractivity contribution is 5.79. The van der Waals surface area contributed by atoms with Gasteiger partial charge in [0.1, 0.15) is 0 Å². The number of halogens is 3. The van der Waals surface area contributed by atoms with E-state index in [0.29, 0.717) is 25.1 Å². The quantitative estimate of drug-likeness (QED) is 0.349. The maximum Gasteiger partial charge on any atom is 0.401 e. The van der Waals surface area contributed by atoms with Crippen molar-refractivity contribution in [2.45, 2.75) is 70.1 Å². The van der Waals surface area contributed by atoms with Crippen molar-refractivity contribution in [3.8, 4) is 0 Å². The minimum atomic E-state index is -4.09. The summed E-state index contributed by atoms with van der Waals surface area (Å²) in [6.07, 6.45) is 6.28. The molecule has 2 fully saturated rings.